The van der Waals surface area contributed by atoms with Crippen LogP contribution in [0.15, 0.2) is 48.2 Å². The van der Waals surface area contributed by atoms with E-state index in [4.69, 9.17) is 16.3 Å². The second-order valence-electron chi connectivity index (χ2n) is 8.05. The van der Waals surface area contributed by atoms with E-state index in [1.165, 1.54) is 12.0 Å². The Balaban J connectivity index is 1.81. The number of imide groups is 1. The summed E-state index contributed by atoms with van der Waals surface area (Å²) in [6.07, 6.45) is 2.13. The number of piperidine rings is 1. The number of likely N-dealkylation sites (tertiary alicyclic amines) is 1. The Morgan fingerprint density at radius 3 is 2.43 bits per heavy atom. The van der Waals surface area contributed by atoms with Gasteiger partial charge in [0, 0.05) is 13.1 Å². The van der Waals surface area contributed by atoms with Gasteiger partial charge in [0.25, 0.3) is 11.8 Å². The number of anilines is 1. The molecular weight excluding hydrogens is 400 g/mol. The first-order valence-electron chi connectivity index (χ1n) is 10.2. The molecule has 1 unspecified atom stereocenters. The second kappa shape index (κ2) is 8.15. The van der Waals surface area contributed by atoms with E-state index >= 15 is 0 Å². The van der Waals surface area contributed by atoms with Crippen LogP contribution in [0.4, 0.5) is 5.69 Å². The molecule has 1 fully saturated rings. The van der Waals surface area contributed by atoms with E-state index in [9.17, 15) is 9.59 Å². The third-order valence-corrected chi connectivity index (χ3v) is 6.06. The summed E-state index contributed by atoms with van der Waals surface area (Å²) < 4.78 is 5.21. The van der Waals surface area contributed by atoms with Gasteiger partial charge in [-0.3, -0.25) is 9.59 Å². The highest BCUT2D eigenvalue weighted by Gasteiger charge is 2.43. The van der Waals surface area contributed by atoms with E-state index in [-0.39, 0.29) is 11.8 Å². The van der Waals surface area contributed by atoms with Crippen molar-refractivity contribution >= 4 is 34.7 Å². The number of ether oxygens (including phenoxy) is 1. The van der Waals surface area contributed by atoms with Gasteiger partial charge in [-0.15, -0.1) is 0 Å². The molecule has 2 amide bonds. The molecule has 6 heteroatoms. The van der Waals surface area contributed by atoms with Crippen LogP contribution < -0.4 is 9.64 Å². The van der Waals surface area contributed by atoms with Crippen LogP contribution in [-0.2, 0) is 9.59 Å². The number of rotatable bonds is 4. The normalized spacial score (nSPS) is 19.7. The lowest BCUT2D eigenvalue weighted by molar-refractivity contribution is -0.120. The number of benzene rings is 2. The number of halogens is 1. The molecule has 1 saturated heterocycles. The molecule has 4 rings (SSSR count). The molecule has 0 bridgehead atoms. The van der Waals surface area contributed by atoms with Crippen molar-refractivity contribution in [2.75, 3.05) is 25.1 Å². The van der Waals surface area contributed by atoms with E-state index in [1.54, 1.807) is 18.2 Å². The predicted molar refractivity (Wildman–Crippen MR) is 119 cm³/mol. The van der Waals surface area contributed by atoms with Crippen molar-refractivity contribution in [3.05, 3.63) is 64.3 Å². The van der Waals surface area contributed by atoms with Crippen molar-refractivity contribution in [3.8, 4) is 5.75 Å². The highest BCUT2D eigenvalue weighted by atomic mass is 35.5. The molecule has 0 aromatic heterocycles. The lowest BCUT2D eigenvalue weighted by atomic mass is 9.97. The predicted octanol–water partition coefficient (Wildman–Crippen LogP) is 4.67. The molecule has 2 aromatic rings. The van der Waals surface area contributed by atoms with Crippen molar-refractivity contribution in [1.29, 1.82) is 0 Å². The Labute approximate surface area is 181 Å². The molecule has 156 valence electrons. The zero-order valence-corrected chi connectivity index (χ0v) is 18.2. The maximum Gasteiger partial charge on any atom is 0.282 e. The highest BCUT2D eigenvalue weighted by Crippen LogP contribution is 2.38. The molecule has 0 N–H and O–H groups in total. The van der Waals surface area contributed by atoms with E-state index < -0.39 is 0 Å². The molecule has 2 heterocycles. The molecule has 2 aliphatic rings. The minimum atomic E-state index is -0.321. The van der Waals surface area contributed by atoms with Gasteiger partial charge in [-0.25, -0.2) is 4.90 Å². The van der Waals surface area contributed by atoms with Gasteiger partial charge in [0.2, 0.25) is 0 Å². The van der Waals surface area contributed by atoms with Gasteiger partial charge in [-0.1, -0.05) is 48.4 Å². The maximum absolute atomic E-state index is 13.6. The van der Waals surface area contributed by atoms with E-state index in [0.717, 1.165) is 37.1 Å². The number of aryl methyl sites for hydroxylation is 1. The Hall–Kier alpha value is -2.79. The van der Waals surface area contributed by atoms with Crippen molar-refractivity contribution in [2.24, 2.45) is 5.92 Å². The van der Waals surface area contributed by atoms with Gasteiger partial charge in [0.05, 0.1) is 23.4 Å². The third kappa shape index (κ3) is 3.58. The summed E-state index contributed by atoms with van der Waals surface area (Å²) in [6.45, 7) is 5.71. The summed E-state index contributed by atoms with van der Waals surface area (Å²) in [5.74, 6) is 0.346. The van der Waals surface area contributed by atoms with Crippen LogP contribution in [0.3, 0.4) is 0 Å². The zero-order chi connectivity index (χ0) is 21.4. The van der Waals surface area contributed by atoms with Gasteiger partial charge >= 0.3 is 0 Å². The maximum atomic E-state index is 13.6. The summed E-state index contributed by atoms with van der Waals surface area (Å²) in [7, 11) is 1.53. The molecule has 0 aliphatic carbocycles. The van der Waals surface area contributed by atoms with Crippen LogP contribution >= 0.6 is 11.6 Å². The molecule has 2 aliphatic heterocycles. The molecule has 0 spiro atoms. The topological polar surface area (TPSA) is 49.9 Å². The minimum absolute atomic E-state index is 0.300. The largest absolute Gasteiger partial charge is 0.495 e. The molecule has 0 saturated carbocycles. The van der Waals surface area contributed by atoms with Crippen LogP contribution in [-0.4, -0.2) is 36.9 Å². The molecular formula is C24H25ClN2O3. The van der Waals surface area contributed by atoms with E-state index in [2.05, 4.69) is 11.8 Å². The van der Waals surface area contributed by atoms with Crippen LogP contribution in [0.5, 0.6) is 5.75 Å². The Morgan fingerprint density at radius 1 is 1.07 bits per heavy atom. The fraction of sp³-hybridized carbons (Fsp3) is 0.333. The first-order chi connectivity index (χ1) is 14.4. The Morgan fingerprint density at radius 2 is 1.80 bits per heavy atom. The number of hydrogen-bond acceptors (Lipinski definition) is 4. The monoisotopic (exact) mass is 424 g/mol. The Bertz CT molecular complexity index is 1030. The standard InChI is InChI=1S/C24H25ClN2O3/c1-15-6-8-17(9-7-15)21-22(26-12-4-5-16(2)14-26)24(29)27(23(21)28)18-10-11-20(30-3)19(25)13-18/h6-11,13,16H,4-5,12,14H2,1-3H3. The van der Waals surface area contributed by atoms with Crippen molar-refractivity contribution in [1.82, 2.24) is 4.90 Å². The van der Waals surface area contributed by atoms with Crippen LogP contribution in [0.1, 0.15) is 30.9 Å². The van der Waals surface area contributed by atoms with Gasteiger partial charge in [0.15, 0.2) is 0 Å². The minimum Gasteiger partial charge on any atom is -0.495 e. The van der Waals surface area contributed by atoms with Gasteiger partial charge in [-0.2, -0.15) is 0 Å². The van der Waals surface area contributed by atoms with Crippen LogP contribution in [0.2, 0.25) is 5.02 Å². The smallest absolute Gasteiger partial charge is 0.282 e. The zero-order valence-electron chi connectivity index (χ0n) is 17.4. The number of carbonyl (C=O) groups is 2. The fourth-order valence-electron chi connectivity index (χ4n) is 4.21. The summed E-state index contributed by atoms with van der Waals surface area (Å²) in [5.41, 5.74) is 3.25. The average molecular weight is 425 g/mol. The SMILES string of the molecule is COc1ccc(N2C(=O)C(c3ccc(C)cc3)=C(N3CCCC(C)C3)C2=O)cc1Cl. The third-order valence-electron chi connectivity index (χ3n) is 5.77. The first-order valence-corrected chi connectivity index (χ1v) is 10.6. The van der Waals surface area contributed by atoms with Crippen LogP contribution in [0, 0.1) is 12.8 Å². The van der Waals surface area contributed by atoms with Gasteiger partial charge in [-0.05, 0) is 49.4 Å². The number of nitrogens with zero attached hydrogens (tertiary/aromatic N) is 2. The van der Waals surface area contributed by atoms with Crippen molar-refractivity contribution < 1.29 is 14.3 Å². The summed E-state index contributed by atoms with van der Waals surface area (Å²) >= 11 is 6.28. The fourth-order valence-corrected chi connectivity index (χ4v) is 4.47. The molecule has 30 heavy (non-hydrogen) atoms. The molecule has 0 radical (unpaired) electrons. The van der Waals surface area contributed by atoms with Crippen molar-refractivity contribution in [3.63, 3.8) is 0 Å². The first kappa shape index (κ1) is 20.5. The van der Waals surface area contributed by atoms with Crippen molar-refractivity contribution in [2.45, 2.75) is 26.7 Å². The highest BCUT2D eigenvalue weighted by molar-refractivity contribution is 6.45. The number of amides is 2. The quantitative estimate of drug-likeness (QED) is 0.669. The molecule has 1 atom stereocenters. The average Bonchev–Trinajstić information content (AvgIpc) is 2.99. The summed E-state index contributed by atoms with van der Waals surface area (Å²) in [6, 6.07) is 12.7. The number of hydrogen-bond donors (Lipinski definition) is 0. The van der Waals surface area contributed by atoms with Gasteiger partial charge in [0.1, 0.15) is 11.4 Å². The lowest BCUT2D eigenvalue weighted by Gasteiger charge is -2.33. The van der Waals surface area contributed by atoms with Crippen LogP contribution in [0.25, 0.3) is 5.57 Å². The number of carbonyl (C=O) groups excluding carboxylic acids is 2. The summed E-state index contributed by atoms with van der Waals surface area (Å²) in [5, 5.41) is 0.354. The summed E-state index contributed by atoms with van der Waals surface area (Å²) in [4.78, 5) is 30.4. The second-order valence-corrected chi connectivity index (χ2v) is 8.45. The lowest BCUT2D eigenvalue weighted by Crippen LogP contribution is -2.39. The molecule has 2 aromatic carbocycles. The molecule has 5 nitrogen and oxygen atoms in total. The number of methoxy groups -OCH3 is 1. The Kier molecular flexibility index (Phi) is 5.56. The van der Waals surface area contributed by atoms with E-state index in [0.29, 0.717) is 33.6 Å². The van der Waals surface area contributed by atoms with E-state index in [1.807, 2.05) is 31.2 Å². The van der Waals surface area contributed by atoms with Gasteiger partial charge < -0.3 is 9.64 Å².